The number of hydrogen-bond donors (Lipinski definition) is 2. The van der Waals surface area contributed by atoms with Crippen molar-refractivity contribution < 1.29 is 9.50 Å². The molecule has 66 valence electrons. The predicted octanol–water partition coefficient (Wildman–Crippen LogP) is 0.0828. The predicted molar refractivity (Wildman–Crippen MR) is 43.0 cm³/mol. The number of pyridine rings is 1. The normalized spacial score (nSPS) is 12.9. The molecule has 0 aromatic carbocycles. The van der Waals surface area contributed by atoms with Gasteiger partial charge in [-0.2, -0.15) is 0 Å². The summed E-state index contributed by atoms with van der Waals surface area (Å²) >= 11 is 0. The molecule has 1 heterocycles. The minimum atomic E-state index is -0.362. The van der Waals surface area contributed by atoms with E-state index in [4.69, 9.17) is 10.8 Å². The first-order valence-electron chi connectivity index (χ1n) is 3.69. The number of nitrogens with zero attached hydrogens (tertiary/aromatic N) is 1. The van der Waals surface area contributed by atoms with Crippen LogP contribution in [0.5, 0.6) is 0 Å². The Balaban J connectivity index is 2.63. The summed E-state index contributed by atoms with van der Waals surface area (Å²) in [5.41, 5.74) is 6.01. The van der Waals surface area contributed by atoms with Gasteiger partial charge in [-0.05, 0) is 12.1 Å². The van der Waals surface area contributed by atoms with Crippen LogP contribution in [0.1, 0.15) is 5.69 Å². The van der Waals surface area contributed by atoms with Gasteiger partial charge in [0.1, 0.15) is 5.82 Å². The molecule has 1 atom stereocenters. The highest BCUT2D eigenvalue weighted by molar-refractivity contribution is 5.07. The Bertz CT molecular complexity index is 255. The van der Waals surface area contributed by atoms with Crippen LogP contribution >= 0.6 is 0 Å². The van der Waals surface area contributed by atoms with Gasteiger partial charge in [0.25, 0.3) is 0 Å². The molecule has 0 radical (unpaired) electrons. The van der Waals surface area contributed by atoms with E-state index in [0.29, 0.717) is 12.1 Å². The van der Waals surface area contributed by atoms with Gasteiger partial charge in [-0.15, -0.1) is 0 Å². The fourth-order valence-electron chi connectivity index (χ4n) is 0.894. The zero-order chi connectivity index (χ0) is 8.97. The average Bonchev–Trinajstić information content (AvgIpc) is 2.04. The number of aliphatic hydroxyl groups is 1. The first-order valence-corrected chi connectivity index (χ1v) is 3.69. The van der Waals surface area contributed by atoms with Crippen LogP contribution in [-0.4, -0.2) is 22.7 Å². The van der Waals surface area contributed by atoms with E-state index in [0.717, 1.165) is 0 Å². The van der Waals surface area contributed by atoms with E-state index in [-0.39, 0.29) is 18.5 Å². The number of aromatic nitrogens is 1. The molecule has 3 nitrogen and oxygen atoms in total. The van der Waals surface area contributed by atoms with Crippen LogP contribution in [0.25, 0.3) is 0 Å². The SMILES string of the molecule is NC(CO)Cc1cc(F)ccn1. The molecular weight excluding hydrogens is 159 g/mol. The molecule has 1 unspecified atom stereocenters. The maximum atomic E-state index is 12.6. The molecule has 0 saturated heterocycles. The van der Waals surface area contributed by atoms with Crippen molar-refractivity contribution in [1.29, 1.82) is 0 Å². The molecule has 0 amide bonds. The molecule has 0 aliphatic heterocycles. The van der Waals surface area contributed by atoms with Crippen molar-refractivity contribution in [3.8, 4) is 0 Å². The van der Waals surface area contributed by atoms with Crippen molar-refractivity contribution in [3.05, 3.63) is 29.8 Å². The second-order valence-corrected chi connectivity index (χ2v) is 2.61. The van der Waals surface area contributed by atoms with Crippen molar-refractivity contribution >= 4 is 0 Å². The largest absolute Gasteiger partial charge is 0.395 e. The highest BCUT2D eigenvalue weighted by Gasteiger charge is 2.03. The standard InChI is InChI=1S/C8H11FN2O/c9-6-1-2-11-8(3-6)4-7(10)5-12/h1-3,7,12H,4-5,10H2. The molecule has 0 saturated carbocycles. The maximum Gasteiger partial charge on any atom is 0.126 e. The van der Waals surface area contributed by atoms with Crippen molar-refractivity contribution in [2.24, 2.45) is 5.73 Å². The fourth-order valence-corrected chi connectivity index (χ4v) is 0.894. The molecule has 0 bridgehead atoms. The minimum absolute atomic E-state index is 0.113. The summed E-state index contributed by atoms with van der Waals surface area (Å²) in [6.45, 7) is -0.113. The van der Waals surface area contributed by atoms with E-state index in [9.17, 15) is 4.39 Å². The van der Waals surface area contributed by atoms with Crippen molar-refractivity contribution in [3.63, 3.8) is 0 Å². The first kappa shape index (κ1) is 9.09. The topological polar surface area (TPSA) is 59.1 Å². The zero-order valence-electron chi connectivity index (χ0n) is 6.57. The third-order valence-electron chi connectivity index (χ3n) is 1.48. The van der Waals surface area contributed by atoms with E-state index in [1.165, 1.54) is 18.3 Å². The lowest BCUT2D eigenvalue weighted by Gasteiger charge is -2.06. The number of halogens is 1. The summed E-state index contributed by atoms with van der Waals surface area (Å²) < 4.78 is 12.6. The van der Waals surface area contributed by atoms with Crippen LogP contribution in [0.15, 0.2) is 18.3 Å². The van der Waals surface area contributed by atoms with Gasteiger partial charge in [0.2, 0.25) is 0 Å². The number of aliphatic hydroxyl groups excluding tert-OH is 1. The van der Waals surface area contributed by atoms with Crippen LogP contribution < -0.4 is 5.73 Å². The number of rotatable bonds is 3. The van der Waals surface area contributed by atoms with Gasteiger partial charge in [0, 0.05) is 24.4 Å². The van der Waals surface area contributed by atoms with Crippen LogP contribution in [0.2, 0.25) is 0 Å². The average molecular weight is 170 g/mol. The highest BCUT2D eigenvalue weighted by atomic mass is 19.1. The number of nitrogens with two attached hydrogens (primary N) is 1. The van der Waals surface area contributed by atoms with E-state index >= 15 is 0 Å². The van der Waals surface area contributed by atoms with Crippen LogP contribution in [0, 0.1) is 5.82 Å². The molecule has 0 spiro atoms. The second-order valence-electron chi connectivity index (χ2n) is 2.61. The third-order valence-corrected chi connectivity index (χ3v) is 1.48. The monoisotopic (exact) mass is 170 g/mol. The summed E-state index contributed by atoms with van der Waals surface area (Å²) in [6, 6.07) is 2.23. The van der Waals surface area contributed by atoms with Crippen molar-refractivity contribution in [2.45, 2.75) is 12.5 Å². The van der Waals surface area contributed by atoms with Gasteiger partial charge in [0.15, 0.2) is 0 Å². The van der Waals surface area contributed by atoms with E-state index in [1.54, 1.807) is 0 Å². The maximum absolute atomic E-state index is 12.6. The Morgan fingerprint density at radius 3 is 3.00 bits per heavy atom. The second kappa shape index (κ2) is 4.13. The molecule has 0 aliphatic rings. The third kappa shape index (κ3) is 2.56. The highest BCUT2D eigenvalue weighted by Crippen LogP contribution is 2.01. The zero-order valence-corrected chi connectivity index (χ0v) is 6.57. The van der Waals surface area contributed by atoms with Crippen LogP contribution in [0.3, 0.4) is 0 Å². The Labute approximate surface area is 70.0 Å². The lowest BCUT2D eigenvalue weighted by atomic mass is 10.1. The van der Waals surface area contributed by atoms with Crippen LogP contribution in [-0.2, 0) is 6.42 Å². The molecular formula is C8H11FN2O. The van der Waals surface area contributed by atoms with Gasteiger partial charge in [-0.3, -0.25) is 4.98 Å². The van der Waals surface area contributed by atoms with Crippen LogP contribution in [0.4, 0.5) is 4.39 Å². The lowest BCUT2D eigenvalue weighted by molar-refractivity contribution is 0.264. The lowest BCUT2D eigenvalue weighted by Crippen LogP contribution is -2.27. The summed E-state index contributed by atoms with van der Waals surface area (Å²) in [6.07, 6.45) is 1.78. The summed E-state index contributed by atoms with van der Waals surface area (Å²) in [5, 5.41) is 8.62. The van der Waals surface area contributed by atoms with Gasteiger partial charge in [0.05, 0.1) is 6.61 Å². The molecule has 0 fully saturated rings. The molecule has 12 heavy (non-hydrogen) atoms. The fraction of sp³-hybridized carbons (Fsp3) is 0.375. The Kier molecular flexibility index (Phi) is 3.13. The molecule has 4 heteroatoms. The number of hydrogen-bond acceptors (Lipinski definition) is 3. The first-order chi connectivity index (χ1) is 5.72. The van der Waals surface area contributed by atoms with Gasteiger partial charge in [-0.25, -0.2) is 4.39 Å². The minimum Gasteiger partial charge on any atom is -0.395 e. The van der Waals surface area contributed by atoms with Gasteiger partial charge < -0.3 is 10.8 Å². The smallest absolute Gasteiger partial charge is 0.126 e. The van der Waals surface area contributed by atoms with Gasteiger partial charge in [-0.1, -0.05) is 0 Å². The molecule has 1 aromatic rings. The van der Waals surface area contributed by atoms with E-state index in [1.807, 2.05) is 0 Å². The van der Waals surface area contributed by atoms with Gasteiger partial charge >= 0.3 is 0 Å². The summed E-state index contributed by atoms with van der Waals surface area (Å²) in [4.78, 5) is 3.90. The molecule has 1 aromatic heterocycles. The molecule has 0 aliphatic carbocycles. The van der Waals surface area contributed by atoms with E-state index < -0.39 is 0 Å². The molecule has 3 N–H and O–H groups in total. The van der Waals surface area contributed by atoms with E-state index in [2.05, 4.69) is 4.98 Å². The Morgan fingerprint density at radius 2 is 2.42 bits per heavy atom. The summed E-state index contributed by atoms with van der Waals surface area (Å²) in [5.74, 6) is -0.329. The Morgan fingerprint density at radius 1 is 1.67 bits per heavy atom. The Hall–Kier alpha value is -1.00. The van der Waals surface area contributed by atoms with Crippen molar-refractivity contribution in [1.82, 2.24) is 4.98 Å². The quantitative estimate of drug-likeness (QED) is 0.675. The summed E-state index contributed by atoms with van der Waals surface area (Å²) in [7, 11) is 0. The molecule has 1 rings (SSSR count). The van der Waals surface area contributed by atoms with Crippen molar-refractivity contribution in [2.75, 3.05) is 6.61 Å².